The fourth-order valence-electron chi connectivity index (χ4n) is 4.78. The molecule has 0 unspecified atom stereocenters. The number of aromatic nitrogens is 2. The number of carbonyl (C=O) groups is 1. The van der Waals surface area contributed by atoms with Gasteiger partial charge in [-0.1, -0.05) is 25.1 Å². The number of hydrogen-bond acceptors (Lipinski definition) is 5. The van der Waals surface area contributed by atoms with Crippen LogP contribution in [-0.4, -0.2) is 41.3 Å². The standard InChI is InChI=1S/C29H28F3N3O4S/c1-2-40(38,39)24-10-5-18(6-11-24)25(17-36)34-28(37)20-7-12-26-21(14-20)16-23(35(26)22-8-9-22)15-19-4-3-13-33-27(19)29(30,31)32/h3-7,10-14,16,22,25,36H,2,8-9,15,17H2,1H3,(H,34,37)/t25-/m0/s1/i1D3,2D2. The zero-order valence-corrected chi connectivity index (χ0v) is 21.8. The minimum Gasteiger partial charge on any atom is -0.394 e. The highest BCUT2D eigenvalue weighted by Crippen LogP contribution is 2.41. The molecule has 0 bridgehead atoms. The number of aliphatic hydroxyl groups is 1. The molecule has 40 heavy (non-hydrogen) atoms. The molecule has 11 heteroatoms. The molecular formula is C29H28F3N3O4S. The first-order valence-electron chi connectivity index (χ1n) is 14.9. The summed E-state index contributed by atoms with van der Waals surface area (Å²) in [4.78, 5) is 16.2. The average Bonchev–Trinajstić information content (AvgIpc) is 3.75. The maximum Gasteiger partial charge on any atom is 0.433 e. The minimum atomic E-state index is -4.91. The maximum atomic E-state index is 13.6. The lowest BCUT2D eigenvalue weighted by molar-refractivity contribution is -0.141. The average molecular weight is 577 g/mol. The van der Waals surface area contributed by atoms with Gasteiger partial charge in [-0.2, -0.15) is 13.2 Å². The Bertz CT molecular complexity index is 1860. The first kappa shape index (κ1) is 22.0. The molecule has 1 amide bonds. The Kier molecular flexibility index (Phi) is 5.90. The third kappa shape index (κ3) is 5.62. The van der Waals surface area contributed by atoms with Crippen molar-refractivity contribution in [3.05, 3.63) is 94.9 Å². The molecule has 1 atom stereocenters. The van der Waals surface area contributed by atoms with Gasteiger partial charge in [0.25, 0.3) is 5.91 Å². The lowest BCUT2D eigenvalue weighted by Crippen LogP contribution is -2.30. The van der Waals surface area contributed by atoms with E-state index >= 15 is 0 Å². The number of aliphatic hydroxyl groups excluding tert-OH is 1. The van der Waals surface area contributed by atoms with Crippen molar-refractivity contribution in [2.45, 2.75) is 49.3 Å². The lowest BCUT2D eigenvalue weighted by Gasteiger charge is -2.17. The summed E-state index contributed by atoms with van der Waals surface area (Å²) in [6.45, 7) is -4.01. The van der Waals surface area contributed by atoms with Crippen LogP contribution in [0.4, 0.5) is 13.2 Å². The Labute approximate surface area is 236 Å². The lowest BCUT2D eigenvalue weighted by atomic mass is 10.1. The van der Waals surface area contributed by atoms with Crippen molar-refractivity contribution in [1.82, 2.24) is 14.9 Å². The monoisotopic (exact) mass is 576 g/mol. The highest BCUT2D eigenvalue weighted by atomic mass is 32.2. The van der Waals surface area contributed by atoms with Crippen LogP contribution in [0, 0.1) is 0 Å². The van der Waals surface area contributed by atoms with Crippen LogP contribution in [0.25, 0.3) is 10.9 Å². The number of halogens is 3. The molecule has 2 aromatic heterocycles. The summed E-state index contributed by atoms with van der Waals surface area (Å²) in [5.74, 6) is -0.585. The summed E-state index contributed by atoms with van der Waals surface area (Å²) >= 11 is 0. The van der Waals surface area contributed by atoms with E-state index in [1.54, 1.807) is 24.3 Å². The van der Waals surface area contributed by atoms with Crippen molar-refractivity contribution in [1.29, 1.82) is 0 Å². The molecule has 0 radical (unpaired) electrons. The number of rotatable bonds is 9. The van der Waals surface area contributed by atoms with Gasteiger partial charge in [-0.15, -0.1) is 0 Å². The summed E-state index contributed by atoms with van der Waals surface area (Å²) in [6, 6.07) is 13.1. The number of hydrogen-bond donors (Lipinski definition) is 2. The Morgan fingerprint density at radius 3 is 2.60 bits per heavy atom. The van der Waals surface area contributed by atoms with Crippen LogP contribution in [-0.2, 0) is 22.4 Å². The maximum absolute atomic E-state index is 13.6. The number of amides is 1. The molecule has 2 aromatic carbocycles. The third-order valence-electron chi connectivity index (χ3n) is 6.84. The van der Waals surface area contributed by atoms with Gasteiger partial charge in [-0.3, -0.25) is 9.78 Å². The predicted molar refractivity (Wildman–Crippen MR) is 144 cm³/mol. The Hall–Kier alpha value is -3.70. The first-order chi connectivity index (χ1) is 21.0. The van der Waals surface area contributed by atoms with E-state index < -0.39 is 57.7 Å². The van der Waals surface area contributed by atoms with Crippen molar-refractivity contribution >= 4 is 26.6 Å². The van der Waals surface area contributed by atoms with Crippen LogP contribution in [0.15, 0.2) is 71.8 Å². The molecule has 0 aliphatic heterocycles. The van der Waals surface area contributed by atoms with Gasteiger partial charge < -0.3 is 15.0 Å². The van der Waals surface area contributed by atoms with Crippen LogP contribution >= 0.6 is 0 Å². The predicted octanol–water partition coefficient (Wildman–Crippen LogP) is 5.24. The van der Waals surface area contributed by atoms with Gasteiger partial charge in [0.1, 0.15) is 5.69 Å². The van der Waals surface area contributed by atoms with Crippen LogP contribution in [0.5, 0.6) is 0 Å². The summed E-state index contributed by atoms with van der Waals surface area (Å²) in [6.07, 6.45) is -1.78. The molecule has 0 saturated heterocycles. The number of pyridine rings is 1. The molecule has 1 aliphatic rings. The minimum absolute atomic E-state index is 0.0123. The third-order valence-corrected chi connectivity index (χ3v) is 8.00. The number of nitrogens with zero attached hydrogens (tertiary/aromatic N) is 2. The van der Waals surface area contributed by atoms with E-state index in [1.165, 1.54) is 24.3 Å². The second kappa shape index (κ2) is 10.7. The van der Waals surface area contributed by atoms with Crippen LogP contribution < -0.4 is 5.32 Å². The summed E-state index contributed by atoms with van der Waals surface area (Å²) in [5.41, 5.74) is -2.56. The molecular weight excluding hydrogens is 543 g/mol. The van der Waals surface area contributed by atoms with Crippen molar-refractivity contribution in [2.24, 2.45) is 0 Å². The second-order valence-corrected chi connectivity index (χ2v) is 11.3. The van der Waals surface area contributed by atoms with Crippen molar-refractivity contribution in [3.63, 3.8) is 0 Å². The van der Waals surface area contributed by atoms with Gasteiger partial charge in [0.2, 0.25) is 0 Å². The largest absolute Gasteiger partial charge is 0.433 e. The number of carbonyl (C=O) groups excluding carboxylic acids is 1. The Balaban J connectivity index is 1.39. The Morgan fingerprint density at radius 1 is 1.20 bits per heavy atom. The van der Waals surface area contributed by atoms with Gasteiger partial charge in [0.05, 0.1) is 23.2 Å². The fraction of sp³-hybridized carbons (Fsp3) is 0.310. The molecule has 2 N–H and O–H groups in total. The SMILES string of the molecule is [2H]C([2H])([2H])C([2H])([2H])S(=O)(=O)c1ccc([C@H](CO)NC(=O)c2ccc3c(c2)cc(Cc2cccnc2C(F)(F)F)n3C2CC2)cc1. The van der Waals surface area contributed by atoms with E-state index in [2.05, 4.69) is 10.3 Å². The van der Waals surface area contributed by atoms with Gasteiger partial charge in [-0.25, -0.2) is 8.42 Å². The quantitative estimate of drug-likeness (QED) is 0.284. The van der Waals surface area contributed by atoms with E-state index in [4.69, 9.17) is 6.85 Å². The summed E-state index contributed by atoms with van der Waals surface area (Å²) < 4.78 is 105. The summed E-state index contributed by atoms with van der Waals surface area (Å²) in [5, 5.41) is 13.3. The van der Waals surface area contributed by atoms with Crippen LogP contribution in [0.1, 0.15) is 71.5 Å². The molecule has 5 rings (SSSR count). The van der Waals surface area contributed by atoms with Gasteiger partial charge in [0.15, 0.2) is 9.84 Å². The summed E-state index contributed by atoms with van der Waals surface area (Å²) in [7, 11) is -4.91. The smallest absolute Gasteiger partial charge is 0.394 e. The normalized spacial score (nSPS) is 17.4. The van der Waals surface area contributed by atoms with Crippen LogP contribution in [0.2, 0.25) is 0 Å². The second-order valence-electron chi connectivity index (χ2n) is 9.58. The zero-order valence-electron chi connectivity index (χ0n) is 25.9. The number of nitrogens with one attached hydrogen (secondary N) is 1. The highest BCUT2D eigenvalue weighted by Gasteiger charge is 2.36. The number of alkyl halides is 3. The fourth-order valence-corrected chi connectivity index (χ4v) is 5.39. The number of sulfone groups is 1. The number of benzene rings is 2. The van der Waals surface area contributed by atoms with E-state index in [0.29, 0.717) is 11.1 Å². The van der Waals surface area contributed by atoms with E-state index in [9.17, 15) is 31.5 Å². The van der Waals surface area contributed by atoms with Crippen molar-refractivity contribution in [3.8, 4) is 0 Å². The number of fused-ring (bicyclic) bond motifs is 1. The first-order valence-corrected chi connectivity index (χ1v) is 13.9. The highest BCUT2D eigenvalue weighted by molar-refractivity contribution is 7.91. The van der Waals surface area contributed by atoms with Gasteiger partial charge in [0, 0.05) is 47.7 Å². The van der Waals surface area contributed by atoms with Crippen molar-refractivity contribution in [2.75, 3.05) is 12.3 Å². The molecule has 2 heterocycles. The molecule has 210 valence electrons. The molecule has 4 aromatic rings. The van der Waals surface area contributed by atoms with Gasteiger partial charge in [-0.05, 0) is 66.4 Å². The van der Waals surface area contributed by atoms with E-state index in [-0.39, 0.29) is 29.2 Å². The van der Waals surface area contributed by atoms with Crippen LogP contribution in [0.3, 0.4) is 0 Å². The van der Waals surface area contributed by atoms with Crippen molar-refractivity contribution < 1.29 is 38.3 Å². The topological polar surface area (TPSA) is 101 Å². The Morgan fingerprint density at radius 2 is 1.95 bits per heavy atom. The molecule has 0 spiro atoms. The zero-order chi connectivity index (χ0) is 32.9. The molecule has 7 nitrogen and oxygen atoms in total. The van der Waals surface area contributed by atoms with Gasteiger partial charge >= 0.3 is 6.18 Å². The molecule has 1 saturated carbocycles. The van der Waals surface area contributed by atoms with E-state index in [1.807, 2.05) is 4.57 Å². The molecule has 1 aliphatic carbocycles. The molecule has 1 fully saturated rings. The van der Waals surface area contributed by atoms with E-state index in [0.717, 1.165) is 36.7 Å².